The molecule has 1 nitrogen and oxygen atoms in total. The van der Waals surface area contributed by atoms with Crippen molar-refractivity contribution in [1.82, 2.24) is 0 Å². The molecule has 0 bridgehead atoms. The molecular weight excluding hydrogens is 195 g/mol. The molecule has 1 aromatic carbocycles. The number of phenols is 1. The molecule has 0 aliphatic carbocycles. The minimum Gasteiger partial charge on any atom is -0.508 e. The maximum atomic E-state index is 11.9. The van der Waals surface area contributed by atoms with Crippen molar-refractivity contribution in [2.75, 3.05) is 0 Å². The third kappa shape index (κ3) is 3.49. The fourth-order valence-corrected chi connectivity index (χ4v) is 0.728. The molecule has 0 amide bonds. The quantitative estimate of drug-likeness (QED) is 0.544. The van der Waals surface area contributed by atoms with Crippen molar-refractivity contribution in [3.05, 3.63) is 24.3 Å². The van der Waals surface area contributed by atoms with Gasteiger partial charge in [0.25, 0.3) is 0 Å². The van der Waals surface area contributed by atoms with Gasteiger partial charge in [-0.15, -0.1) is 5.46 Å². The number of rotatable bonds is 1. The summed E-state index contributed by atoms with van der Waals surface area (Å²) < 4.78 is 35.8. The zero-order valence-electron chi connectivity index (χ0n) is 6.47. The van der Waals surface area contributed by atoms with Crippen molar-refractivity contribution in [2.24, 2.45) is 0 Å². The summed E-state index contributed by atoms with van der Waals surface area (Å²) in [5.41, 5.74) is -0.773. The van der Waals surface area contributed by atoms with E-state index in [9.17, 15) is 12.9 Å². The molecule has 1 aromatic rings. The first-order valence-corrected chi connectivity index (χ1v) is 2.99. The van der Waals surface area contributed by atoms with Gasteiger partial charge in [-0.2, -0.15) is 0 Å². The average Bonchev–Trinajstić information content (AvgIpc) is 1.86. The van der Waals surface area contributed by atoms with Crippen LogP contribution in [0.4, 0.5) is 12.9 Å². The van der Waals surface area contributed by atoms with Gasteiger partial charge in [0.05, 0.1) is 0 Å². The molecule has 0 aromatic heterocycles. The zero-order chi connectivity index (χ0) is 8.48. The van der Waals surface area contributed by atoms with Crippen LogP contribution in [0.3, 0.4) is 0 Å². The summed E-state index contributed by atoms with van der Waals surface area (Å²) >= 11 is 0. The van der Waals surface area contributed by atoms with Gasteiger partial charge in [0, 0.05) is 0 Å². The van der Waals surface area contributed by atoms with Crippen LogP contribution in [-0.4, -0.2) is 12.1 Å². The molecule has 0 fully saturated rings. The second-order valence-electron chi connectivity index (χ2n) is 2.17. The summed E-state index contributed by atoms with van der Waals surface area (Å²) in [6.45, 7) is -4.98. The van der Waals surface area contributed by atoms with Crippen LogP contribution in [0.1, 0.15) is 0 Å². The number of hydrogen-bond donors (Lipinski definition) is 1. The van der Waals surface area contributed by atoms with Gasteiger partial charge in [0.1, 0.15) is 5.75 Å². The predicted octanol–water partition coefficient (Wildman–Crippen LogP) is -1.55. The Bertz CT molecular complexity index is 263. The average molecular weight is 200 g/mol. The van der Waals surface area contributed by atoms with Crippen LogP contribution < -0.4 is 56.8 Å². The number of halogens is 3. The van der Waals surface area contributed by atoms with E-state index < -0.39 is 12.4 Å². The normalized spacial score (nSPS) is 10.6. The Morgan fingerprint density at radius 1 is 1.17 bits per heavy atom. The first-order valence-electron chi connectivity index (χ1n) is 2.99. The summed E-state index contributed by atoms with van der Waals surface area (Å²) in [4.78, 5) is 0. The van der Waals surface area contributed by atoms with E-state index in [2.05, 4.69) is 0 Å². The minimum absolute atomic E-state index is 0. The van der Waals surface area contributed by atoms with E-state index >= 15 is 0 Å². The molecule has 1 rings (SSSR count). The summed E-state index contributed by atoms with van der Waals surface area (Å²) in [5.74, 6) is -0.360. The van der Waals surface area contributed by atoms with Crippen molar-refractivity contribution in [3.8, 4) is 5.75 Å². The topological polar surface area (TPSA) is 20.2 Å². The van der Waals surface area contributed by atoms with E-state index in [4.69, 9.17) is 5.11 Å². The Balaban J connectivity index is 0.00000121. The molecule has 0 unspecified atom stereocenters. The van der Waals surface area contributed by atoms with E-state index in [0.29, 0.717) is 6.07 Å². The van der Waals surface area contributed by atoms with E-state index in [1.54, 1.807) is 0 Å². The molecule has 1 N–H and O–H groups in total. The molecule has 0 saturated heterocycles. The maximum absolute atomic E-state index is 11.9. The largest absolute Gasteiger partial charge is 1.00 e. The van der Waals surface area contributed by atoms with Gasteiger partial charge in [-0.1, -0.05) is 12.1 Å². The standard InChI is InChI=1S/C6H5BF3O.K/c8-7(9,10)5-2-1-3-6(11)4-5;/h1-4,11H;/q-1;+1. The van der Waals surface area contributed by atoms with Crippen molar-refractivity contribution in [1.29, 1.82) is 0 Å². The molecule has 0 aliphatic heterocycles. The smallest absolute Gasteiger partial charge is 0.508 e. The van der Waals surface area contributed by atoms with E-state index in [0.717, 1.165) is 6.07 Å². The van der Waals surface area contributed by atoms with Gasteiger partial charge in [0.2, 0.25) is 0 Å². The van der Waals surface area contributed by atoms with Crippen molar-refractivity contribution >= 4 is 12.4 Å². The molecule has 60 valence electrons. The molecule has 0 atom stereocenters. The summed E-state index contributed by atoms with van der Waals surface area (Å²) in [6.07, 6.45) is 0. The summed E-state index contributed by atoms with van der Waals surface area (Å²) in [5, 5.41) is 8.69. The van der Waals surface area contributed by atoms with Crippen molar-refractivity contribution < 1.29 is 69.4 Å². The first-order chi connectivity index (χ1) is 5.00. The van der Waals surface area contributed by atoms with E-state index in [1.165, 1.54) is 12.1 Å². The predicted molar refractivity (Wildman–Crippen MR) is 36.8 cm³/mol. The molecular formula is C6H5BF3KO. The van der Waals surface area contributed by atoms with Crippen LogP contribution in [0.15, 0.2) is 24.3 Å². The Labute approximate surface area is 110 Å². The molecule has 0 saturated carbocycles. The maximum Gasteiger partial charge on any atom is 1.00 e. The number of phenolic OH excluding ortho intramolecular Hbond substituents is 1. The summed E-state index contributed by atoms with van der Waals surface area (Å²) in [6, 6.07) is 4.00. The van der Waals surface area contributed by atoms with Crippen LogP contribution in [0.5, 0.6) is 5.75 Å². The second kappa shape index (κ2) is 4.67. The van der Waals surface area contributed by atoms with E-state index in [1.807, 2.05) is 0 Å². The third-order valence-corrected chi connectivity index (χ3v) is 1.25. The molecule has 0 heterocycles. The Morgan fingerprint density at radius 3 is 2.08 bits per heavy atom. The van der Waals surface area contributed by atoms with Gasteiger partial charge in [-0.25, -0.2) is 0 Å². The van der Waals surface area contributed by atoms with Crippen LogP contribution in [0.2, 0.25) is 0 Å². The second-order valence-corrected chi connectivity index (χ2v) is 2.17. The van der Waals surface area contributed by atoms with Gasteiger partial charge in [0.15, 0.2) is 0 Å². The fraction of sp³-hybridized carbons (Fsp3) is 0. The van der Waals surface area contributed by atoms with Crippen molar-refractivity contribution in [2.45, 2.75) is 0 Å². The monoisotopic (exact) mass is 200 g/mol. The van der Waals surface area contributed by atoms with Gasteiger partial charge < -0.3 is 18.1 Å². The molecule has 0 spiro atoms. The minimum atomic E-state index is -4.98. The Morgan fingerprint density at radius 2 is 1.75 bits per heavy atom. The van der Waals surface area contributed by atoms with Crippen LogP contribution in [-0.2, 0) is 0 Å². The number of aromatic hydroxyl groups is 1. The fourth-order valence-electron chi connectivity index (χ4n) is 0.728. The number of benzene rings is 1. The Hall–Kier alpha value is 0.511. The third-order valence-electron chi connectivity index (χ3n) is 1.25. The van der Waals surface area contributed by atoms with Crippen molar-refractivity contribution in [3.63, 3.8) is 0 Å². The molecule has 12 heavy (non-hydrogen) atoms. The van der Waals surface area contributed by atoms with Crippen LogP contribution in [0, 0.1) is 0 Å². The molecule has 6 heteroatoms. The van der Waals surface area contributed by atoms with Crippen LogP contribution in [0.25, 0.3) is 0 Å². The molecule has 0 radical (unpaired) electrons. The van der Waals surface area contributed by atoms with Gasteiger partial charge in [-0.05, 0) is 12.1 Å². The van der Waals surface area contributed by atoms with Gasteiger partial charge in [-0.3, -0.25) is 0 Å². The zero-order valence-corrected chi connectivity index (χ0v) is 9.59. The van der Waals surface area contributed by atoms with Gasteiger partial charge >= 0.3 is 58.4 Å². The van der Waals surface area contributed by atoms with Crippen LogP contribution >= 0.6 is 0 Å². The Kier molecular flexibility index (Phi) is 4.86. The molecule has 0 aliphatic rings. The first kappa shape index (κ1) is 12.5. The summed E-state index contributed by atoms with van der Waals surface area (Å²) in [7, 11) is 0. The van der Waals surface area contributed by atoms with E-state index in [-0.39, 0.29) is 57.1 Å². The number of hydrogen-bond acceptors (Lipinski definition) is 1. The SMILES string of the molecule is Oc1cccc([B-](F)(F)F)c1.[K+].